The number of hydrazine groups is 1. The van der Waals surface area contributed by atoms with Crippen molar-refractivity contribution < 1.29 is 14.4 Å². The van der Waals surface area contributed by atoms with Crippen LogP contribution in [0.2, 0.25) is 0 Å². The molecule has 3 aromatic rings. The molecular weight excluding hydrogens is 392 g/mol. The van der Waals surface area contributed by atoms with Gasteiger partial charge in [0.1, 0.15) is 6.04 Å². The van der Waals surface area contributed by atoms with Crippen LogP contribution < -0.4 is 10.9 Å². The molecule has 3 atom stereocenters. The van der Waals surface area contributed by atoms with Crippen LogP contribution in [-0.4, -0.2) is 33.6 Å². The molecule has 160 valence electrons. The monoisotopic (exact) mass is 418 g/mol. The van der Waals surface area contributed by atoms with E-state index in [9.17, 15) is 14.4 Å². The molecule has 1 aromatic heterocycles. The molecule has 1 aliphatic heterocycles. The predicted molar refractivity (Wildman–Crippen MR) is 118 cm³/mol. The van der Waals surface area contributed by atoms with Gasteiger partial charge in [-0.3, -0.25) is 25.2 Å². The molecular formula is C24H26N4O3. The summed E-state index contributed by atoms with van der Waals surface area (Å²) in [6, 6.07) is 14.2. The topological polar surface area (TPSA) is 94.3 Å². The third kappa shape index (κ3) is 3.56. The molecule has 0 saturated heterocycles. The number of amides is 3. The average Bonchev–Trinajstić information content (AvgIpc) is 3.32. The van der Waals surface area contributed by atoms with Gasteiger partial charge in [-0.1, -0.05) is 56.7 Å². The molecule has 3 amide bonds. The molecule has 0 fully saturated rings. The lowest BCUT2D eigenvalue weighted by molar-refractivity contribution is -0.132. The molecule has 0 bridgehead atoms. The Bertz CT molecular complexity index is 1150. The Labute approximate surface area is 180 Å². The van der Waals surface area contributed by atoms with Crippen LogP contribution in [0.3, 0.4) is 0 Å². The van der Waals surface area contributed by atoms with Crippen molar-refractivity contribution in [2.24, 2.45) is 5.92 Å². The number of hydrogen-bond acceptors (Lipinski definition) is 3. The number of H-pyrrole nitrogens is 1. The fourth-order valence-electron chi connectivity index (χ4n) is 4.37. The zero-order chi connectivity index (χ0) is 22.1. The number of hydrogen-bond donors (Lipinski definition) is 3. The van der Waals surface area contributed by atoms with Gasteiger partial charge >= 0.3 is 0 Å². The predicted octanol–water partition coefficient (Wildman–Crippen LogP) is 3.30. The van der Waals surface area contributed by atoms with Gasteiger partial charge < -0.3 is 9.88 Å². The largest absolute Gasteiger partial charge is 0.361 e. The van der Waals surface area contributed by atoms with Gasteiger partial charge in [0.25, 0.3) is 11.8 Å². The van der Waals surface area contributed by atoms with Crippen LogP contribution >= 0.6 is 0 Å². The van der Waals surface area contributed by atoms with Crippen molar-refractivity contribution in [2.45, 2.75) is 39.3 Å². The number of rotatable bonds is 5. The van der Waals surface area contributed by atoms with Crippen molar-refractivity contribution in [3.05, 3.63) is 71.4 Å². The molecule has 4 rings (SSSR count). The highest BCUT2D eigenvalue weighted by Gasteiger charge is 2.46. The number of benzene rings is 2. The van der Waals surface area contributed by atoms with Crippen LogP contribution in [0.25, 0.3) is 10.9 Å². The second-order valence-electron chi connectivity index (χ2n) is 7.99. The second-order valence-corrected chi connectivity index (χ2v) is 7.99. The number of fused-ring (bicyclic) bond motifs is 2. The van der Waals surface area contributed by atoms with E-state index in [-0.39, 0.29) is 17.7 Å². The maximum absolute atomic E-state index is 13.6. The SMILES string of the molecule is CCC(C)C(C(=O)NNC(C)=O)N1C(=O)c2ccccc2C1c1c[nH]c2ccccc12. The summed E-state index contributed by atoms with van der Waals surface area (Å²) in [4.78, 5) is 43.1. The molecule has 0 radical (unpaired) electrons. The Kier molecular flexibility index (Phi) is 5.50. The van der Waals surface area contributed by atoms with E-state index in [0.717, 1.165) is 22.0 Å². The first-order valence-corrected chi connectivity index (χ1v) is 10.5. The number of aromatic nitrogens is 1. The first-order valence-electron chi connectivity index (χ1n) is 10.5. The zero-order valence-electron chi connectivity index (χ0n) is 17.8. The lowest BCUT2D eigenvalue weighted by atomic mass is 9.93. The Morgan fingerprint density at radius 2 is 1.77 bits per heavy atom. The molecule has 2 aromatic carbocycles. The number of nitrogens with zero attached hydrogens (tertiary/aromatic N) is 1. The minimum atomic E-state index is -0.754. The van der Waals surface area contributed by atoms with Gasteiger partial charge in [-0.2, -0.15) is 0 Å². The fraction of sp³-hybridized carbons (Fsp3) is 0.292. The standard InChI is InChI=1S/C24H26N4O3/c1-4-14(2)21(23(30)27-26-15(3)29)28-22(17-10-5-6-11-18(17)24(28)31)19-13-25-20-12-8-7-9-16(19)20/h5-14,21-22,25H,4H2,1-3H3,(H,26,29)(H,27,30). The molecule has 0 spiro atoms. The minimum absolute atomic E-state index is 0.125. The summed E-state index contributed by atoms with van der Waals surface area (Å²) in [5.74, 6) is -1.09. The van der Waals surface area contributed by atoms with Crippen molar-refractivity contribution in [2.75, 3.05) is 0 Å². The lowest BCUT2D eigenvalue weighted by Crippen LogP contribution is -2.55. The molecule has 3 N–H and O–H groups in total. The molecule has 31 heavy (non-hydrogen) atoms. The maximum atomic E-state index is 13.6. The van der Waals surface area contributed by atoms with E-state index in [1.54, 1.807) is 11.0 Å². The summed E-state index contributed by atoms with van der Waals surface area (Å²) >= 11 is 0. The number of carbonyl (C=O) groups is 3. The Morgan fingerprint density at radius 1 is 1.06 bits per heavy atom. The maximum Gasteiger partial charge on any atom is 0.261 e. The molecule has 3 unspecified atom stereocenters. The normalized spacial score (nSPS) is 17.3. The van der Waals surface area contributed by atoms with Crippen LogP contribution in [0, 0.1) is 5.92 Å². The van der Waals surface area contributed by atoms with Crippen molar-refractivity contribution in [1.82, 2.24) is 20.7 Å². The van der Waals surface area contributed by atoms with E-state index in [1.165, 1.54) is 6.92 Å². The van der Waals surface area contributed by atoms with Gasteiger partial charge in [0.05, 0.1) is 6.04 Å². The third-order valence-electron chi connectivity index (χ3n) is 6.03. The van der Waals surface area contributed by atoms with Gasteiger partial charge in [-0.25, -0.2) is 0 Å². The Balaban J connectivity index is 1.86. The summed E-state index contributed by atoms with van der Waals surface area (Å²) in [7, 11) is 0. The van der Waals surface area contributed by atoms with Crippen molar-refractivity contribution >= 4 is 28.6 Å². The first-order chi connectivity index (χ1) is 14.9. The Hall–Kier alpha value is -3.61. The van der Waals surface area contributed by atoms with Gasteiger partial charge in [-0.15, -0.1) is 0 Å². The van der Waals surface area contributed by atoms with Crippen molar-refractivity contribution in [1.29, 1.82) is 0 Å². The van der Waals surface area contributed by atoms with Gasteiger partial charge in [0.2, 0.25) is 5.91 Å². The average molecular weight is 418 g/mol. The second kappa shape index (κ2) is 8.26. The highest BCUT2D eigenvalue weighted by molar-refractivity contribution is 6.03. The summed E-state index contributed by atoms with van der Waals surface area (Å²) in [6.45, 7) is 5.25. The summed E-state index contributed by atoms with van der Waals surface area (Å²) in [5, 5.41) is 1.01. The molecule has 0 saturated carbocycles. The number of para-hydroxylation sites is 1. The van der Waals surface area contributed by atoms with Gasteiger partial charge in [0.15, 0.2) is 0 Å². The highest BCUT2D eigenvalue weighted by Crippen LogP contribution is 2.43. The minimum Gasteiger partial charge on any atom is -0.361 e. The van der Waals surface area contributed by atoms with E-state index in [4.69, 9.17) is 0 Å². The lowest BCUT2D eigenvalue weighted by Gasteiger charge is -2.36. The van der Waals surface area contributed by atoms with E-state index in [1.807, 2.05) is 62.5 Å². The summed E-state index contributed by atoms with van der Waals surface area (Å²) in [6.07, 6.45) is 2.61. The van der Waals surface area contributed by atoms with Crippen LogP contribution in [0.4, 0.5) is 0 Å². The summed E-state index contributed by atoms with van der Waals surface area (Å²) in [5.41, 5.74) is 8.22. The van der Waals surface area contributed by atoms with Crippen LogP contribution in [0.1, 0.15) is 54.7 Å². The molecule has 7 nitrogen and oxygen atoms in total. The van der Waals surface area contributed by atoms with Gasteiger partial charge in [-0.05, 0) is 23.6 Å². The van der Waals surface area contributed by atoms with Crippen LogP contribution in [0.15, 0.2) is 54.7 Å². The number of carbonyl (C=O) groups excluding carboxylic acids is 3. The van der Waals surface area contributed by atoms with Crippen LogP contribution in [0.5, 0.6) is 0 Å². The van der Waals surface area contributed by atoms with Crippen molar-refractivity contribution in [3.8, 4) is 0 Å². The van der Waals surface area contributed by atoms with E-state index < -0.39 is 18.0 Å². The van der Waals surface area contributed by atoms with Gasteiger partial charge in [0, 0.05) is 35.2 Å². The van der Waals surface area contributed by atoms with E-state index in [0.29, 0.717) is 12.0 Å². The van der Waals surface area contributed by atoms with Crippen LogP contribution in [-0.2, 0) is 9.59 Å². The third-order valence-corrected chi connectivity index (χ3v) is 6.03. The Morgan fingerprint density at radius 3 is 2.52 bits per heavy atom. The molecule has 0 aliphatic carbocycles. The zero-order valence-corrected chi connectivity index (χ0v) is 17.8. The fourth-order valence-corrected chi connectivity index (χ4v) is 4.37. The molecule has 7 heteroatoms. The first kappa shape index (κ1) is 20.7. The smallest absolute Gasteiger partial charge is 0.261 e. The molecule has 1 aliphatic rings. The van der Waals surface area contributed by atoms with E-state index >= 15 is 0 Å². The summed E-state index contributed by atoms with van der Waals surface area (Å²) < 4.78 is 0. The highest BCUT2D eigenvalue weighted by atomic mass is 16.2. The van der Waals surface area contributed by atoms with Crippen molar-refractivity contribution in [3.63, 3.8) is 0 Å². The quantitative estimate of drug-likeness (QED) is 0.555. The number of nitrogens with one attached hydrogen (secondary N) is 3. The van der Waals surface area contributed by atoms with E-state index in [2.05, 4.69) is 15.8 Å². The molecule has 2 heterocycles. The number of aromatic amines is 1.